The number of halogens is 1. The molecule has 7 heteroatoms. The summed E-state index contributed by atoms with van der Waals surface area (Å²) in [5.41, 5.74) is 4.47. The summed E-state index contributed by atoms with van der Waals surface area (Å²) in [6, 6.07) is 11.4. The molecule has 1 heterocycles. The number of carbonyl (C=O) groups is 1. The van der Waals surface area contributed by atoms with Crippen molar-refractivity contribution in [2.75, 3.05) is 13.4 Å². The molecule has 0 aliphatic carbocycles. The lowest BCUT2D eigenvalue weighted by Crippen LogP contribution is -2.24. The molecule has 1 atom stereocenters. The lowest BCUT2D eigenvalue weighted by Gasteiger charge is -2.10. The fourth-order valence-electron chi connectivity index (χ4n) is 2.52. The van der Waals surface area contributed by atoms with E-state index in [9.17, 15) is 4.79 Å². The summed E-state index contributed by atoms with van der Waals surface area (Å²) in [4.78, 5) is 11.9. The molecule has 6 nitrogen and oxygen atoms in total. The van der Waals surface area contributed by atoms with Crippen LogP contribution >= 0.6 is 15.9 Å². The molecule has 1 N–H and O–H groups in total. The van der Waals surface area contributed by atoms with Crippen molar-refractivity contribution in [2.24, 2.45) is 5.10 Å². The van der Waals surface area contributed by atoms with Crippen molar-refractivity contribution in [3.63, 3.8) is 0 Å². The molecule has 2 aromatic rings. The van der Waals surface area contributed by atoms with Crippen LogP contribution in [0.25, 0.3) is 0 Å². The predicted octanol–water partition coefficient (Wildman–Crippen LogP) is 4.22. The summed E-state index contributed by atoms with van der Waals surface area (Å²) in [7, 11) is 0. The van der Waals surface area contributed by atoms with Gasteiger partial charge in [-0.3, -0.25) is 4.79 Å². The highest BCUT2D eigenvalue weighted by molar-refractivity contribution is 9.10. The van der Waals surface area contributed by atoms with Crippen molar-refractivity contribution in [2.45, 2.75) is 26.2 Å². The third-order valence-electron chi connectivity index (χ3n) is 4.32. The molecule has 0 aromatic heterocycles. The molecule has 0 unspecified atom stereocenters. The lowest BCUT2D eigenvalue weighted by molar-refractivity contribution is -0.123. The Bertz CT molecular complexity index is 837. The molecule has 0 spiro atoms. The van der Waals surface area contributed by atoms with E-state index in [1.54, 1.807) is 12.1 Å². The van der Waals surface area contributed by atoms with Gasteiger partial charge in [0.1, 0.15) is 5.75 Å². The van der Waals surface area contributed by atoms with Gasteiger partial charge in [0.25, 0.3) is 5.91 Å². The maximum Gasteiger partial charge on any atom is 0.277 e. The average Bonchev–Trinajstić information content (AvgIpc) is 3.13. The minimum atomic E-state index is -0.339. The van der Waals surface area contributed by atoms with E-state index in [4.69, 9.17) is 14.2 Å². The van der Waals surface area contributed by atoms with Gasteiger partial charge < -0.3 is 14.2 Å². The minimum absolute atomic E-state index is 0.109. The van der Waals surface area contributed by atoms with Gasteiger partial charge in [-0.2, -0.15) is 5.10 Å². The van der Waals surface area contributed by atoms with Crippen LogP contribution in [0.3, 0.4) is 0 Å². The third-order valence-corrected chi connectivity index (χ3v) is 5.00. The number of ether oxygens (including phenoxy) is 3. The first-order valence-electron chi connectivity index (χ1n) is 8.70. The highest BCUT2D eigenvalue weighted by Crippen LogP contribution is 2.36. The second-order valence-electron chi connectivity index (χ2n) is 6.19. The van der Waals surface area contributed by atoms with Gasteiger partial charge in [0.15, 0.2) is 18.1 Å². The second kappa shape index (κ2) is 8.90. The van der Waals surface area contributed by atoms with E-state index >= 15 is 0 Å². The Morgan fingerprint density at radius 2 is 2.00 bits per heavy atom. The quantitative estimate of drug-likeness (QED) is 0.525. The number of hydrogen-bond donors (Lipinski definition) is 1. The molecule has 0 bridgehead atoms. The monoisotopic (exact) mass is 432 g/mol. The Hall–Kier alpha value is -2.54. The Morgan fingerprint density at radius 3 is 2.70 bits per heavy atom. The molecule has 1 amide bonds. The van der Waals surface area contributed by atoms with Crippen LogP contribution in [0.4, 0.5) is 0 Å². The summed E-state index contributed by atoms with van der Waals surface area (Å²) in [6.45, 7) is 4.43. The number of hydrogen-bond acceptors (Lipinski definition) is 5. The summed E-state index contributed by atoms with van der Waals surface area (Å²) >= 11 is 3.44. The fraction of sp³-hybridized carbons (Fsp3) is 0.300. The molecule has 2 aromatic carbocycles. The molecule has 1 aliphatic heterocycles. The number of amides is 1. The van der Waals surface area contributed by atoms with Gasteiger partial charge in [0.2, 0.25) is 6.79 Å². The van der Waals surface area contributed by atoms with E-state index in [2.05, 4.69) is 40.3 Å². The van der Waals surface area contributed by atoms with Crippen LogP contribution in [0.15, 0.2) is 46.0 Å². The number of benzene rings is 2. The number of hydrazone groups is 1. The standard InChI is InChI=1S/C20H21BrN2O4/c1-3-13(2)14-4-6-16(7-5-14)25-11-20(24)23-22-10-15-8-18-19(9-17(15)21)27-12-26-18/h4-10,13H,3,11-12H2,1-2H3,(H,23,24)/b22-10-/t13-/m1/s1. The highest BCUT2D eigenvalue weighted by atomic mass is 79.9. The van der Waals surface area contributed by atoms with Gasteiger partial charge in [-0.25, -0.2) is 5.43 Å². The average molecular weight is 433 g/mol. The number of fused-ring (bicyclic) bond motifs is 1. The highest BCUT2D eigenvalue weighted by Gasteiger charge is 2.15. The topological polar surface area (TPSA) is 69.2 Å². The maximum absolute atomic E-state index is 11.9. The summed E-state index contributed by atoms with van der Waals surface area (Å²) in [5.74, 6) is 2.15. The minimum Gasteiger partial charge on any atom is -0.484 e. The van der Waals surface area contributed by atoms with Gasteiger partial charge in [0.05, 0.1) is 6.21 Å². The summed E-state index contributed by atoms with van der Waals surface area (Å²) in [5, 5.41) is 3.96. The van der Waals surface area contributed by atoms with E-state index in [0.29, 0.717) is 23.2 Å². The van der Waals surface area contributed by atoms with Gasteiger partial charge in [-0.05, 0) is 58.1 Å². The van der Waals surface area contributed by atoms with E-state index in [0.717, 1.165) is 16.5 Å². The zero-order chi connectivity index (χ0) is 19.2. The number of carbonyl (C=O) groups excluding carboxylic acids is 1. The van der Waals surface area contributed by atoms with Crippen molar-refractivity contribution in [3.8, 4) is 17.2 Å². The van der Waals surface area contributed by atoms with E-state index in [-0.39, 0.29) is 19.3 Å². The smallest absolute Gasteiger partial charge is 0.277 e. The Balaban J connectivity index is 1.49. The van der Waals surface area contributed by atoms with Crippen molar-refractivity contribution < 1.29 is 19.0 Å². The number of nitrogens with zero attached hydrogens (tertiary/aromatic N) is 1. The van der Waals surface area contributed by atoms with Crippen LogP contribution in [0, 0.1) is 0 Å². The van der Waals surface area contributed by atoms with Crippen LogP contribution in [0.1, 0.15) is 37.3 Å². The van der Waals surface area contributed by atoms with Gasteiger partial charge in [-0.1, -0.05) is 26.0 Å². The number of rotatable bonds is 7. The van der Waals surface area contributed by atoms with Gasteiger partial charge >= 0.3 is 0 Å². The van der Waals surface area contributed by atoms with Crippen molar-refractivity contribution in [1.82, 2.24) is 5.43 Å². The van der Waals surface area contributed by atoms with Crippen molar-refractivity contribution >= 4 is 28.1 Å². The number of nitrogens with one attached hydrogen (secondary N) is 1. The third kappa shape index (κ3) is 5.01. The molecular formula is C20H21BrN2O4. The fourth-order valence-corrected chi connectivity index (χ4v) is 2.94. The molecule has 0 radical (unpaired) electrons. The molecule has 0 saturated heterocycles. The van der Waals surface area contributed by atoms with Crippen LogP contribution in [0.5, 0.6) is 17.2 Å². The molecule has 1 aliphatic rings. The van der Waals surface area contributed by atoms with Gasteiger partial charge in [0, 0.05) is 10.0 Å². The second-order valence-corrected chi connectivity index (χ2v) is 7.04. The molecule has 142 valence electrons. The molecule has 0 saturated carbocycles. The van der Waals surface area contributed by atoms with Crippen LogP contribution in [-0.2, 0) is 4.79 Å². The van der Waals surface area contributed by atoms with Crippen LogP contribution in [-0.4, -0.2) is 25.5 Å². The largest absolute Gasteiger partial charge is 0.484 e. The molecule has 27 heavy (non-hydrogen) atoms. The zero-order valence-corrected chi connectivity index (χ0v) is 16.8. The van der Waals surface area contributed by atoms with E-state index in [1.807, 2.05) is 24.3 Å². The Kier molecular flexibility index (Phi) is 6.34. The van der Waals surface area contributed by atoms with Gasteiger partial charge in [-0.15, -0.1) is 0 Å². The van der Waals surface area contributed by atoms with Crippen LogP contribution in [0.2, 0.25) is 0 Å². The normalized spacial score (nSPS) is 13.6. The predicted molar refractivity (Wildman–Crippen MR) is 107 cm³/mol. The maximum atomic E-state index is 11.9. The Morgan fingerprint density at radius 1 is 1.30 bits per heavy atom. The zero-order valence-electron chi connectivity index (χ0n) is 15.2. The molecular weight excluding hydrogens is 412 g/mol. The molecule has 0 fully saturated rings. The first-order valence-corrected chi connectivity index (χ1v) is 9.50. The SMILES string of the molecule is CC[C@@H](C)c1ccc(OCC(=O)N/N=C\c2cc3c(cc2Br)OCO3)cc1. The van der Waals surface area contributed by atoms with Crippen molar-refractivity contribution in [3.05, 3.63) is 52.0 Å². The van der Waals surface area contributed by atoms with E-state index in [1.165, 1.54) is 11.8 Å². The summed E-state index contributed by atoms with van der Waals surface area (Å²) < 4.78 is 16.9. The lowest BCUT2D eigenvalue weighted by atomic mass is 9.99. The van der Waals surface area contributed by atoms with E-state index < -0.39 is 0 Å². The summed E-state index contributed by atoms with van der Waals surface area (Å²) in [6.07, 6.45) is 2.62. The van der Waals surface area contributed by atoms with Crippen LogP contribution < -0.4 is 19.6 Å². The Labute approximate surface area is 166 Å². The first kappa shape index (κ1) is 19.2. The molecule has 3 rings (SSSR count). The van der Waals surface area contributed by atoms with Crippen molar-refractivity contribution in [1.29, 1.82) is 0 Å². The first-order chi connectivity index (χ1) is 13.1.